The van der Waals surface area contributed by atoms with E-state index in [1.54, 1.807) is 19.9 Å². The Morgan fingerprint density at radius 2 is 2.07 bits per heavy atom. The predicted octanol–water partition coefficient (Wildman–Crippen LogP) is 2.93. The van der Waals surface area contributed by atoms with E-state index in [0.29, 0.717) is 11.4 Å². The van der Waals surface area contributed by atoms with Crippen molar-refractivity contribution in [3.05, 3.63) is 58.5 Å². The molecule has 0 saturated carbocycles. The number of nitrogens with zero attached hydrogens (tertiary/aromatic N) is 4. The monoisotopic (exact) mass is 387 g/mol. The van der Waals surface area contributed by atoms with Gasteiger partial charge in [0.25, 0.3) is 11.9 Å². The molecule has 0 unspecified atom stereocenters. The van der Waals surface area contributed by atoms with Gasteiger partial charge < -0.3 is 5.32 Å². The first-order valence-electron chi connectivity index (χ1n) is 7.93. The minimum absolute atomic E-state index is 0.0113. The van der Waals surface area contributed by atoms with E-state index in [1.807, 2.05) is 0 Å². The number of aromatic nitrogens is 2. The van der Waals surface area contributed by atoms with Gasteiger partial charge in [0, 0.05) is 16.7 Å². The summed E-state index contributed by atoms with van der Waals surface area (Å²) in [7, 11) is 0. The SMILES string of the molecule is C=C1C(=O)N=C(n2nc(C)cc2NC(=O)Cc2c(F)cccc2Cl)N=C1C. The van der Waals surface area contributed by atoms with Crippen LogP contribution in [-0.2, 0) is 16.0 Å². The predicted molar refractivity (Wildman–Crippen MR) is 101 cm³/mol. The van der Waals surface area contributed by atoms with Gasteiger partial charge in [-0.3, -0.25) is 9.59 Å². The average molecular weight is 388 g/mol. The number of carbonyl (C=O) groups is 2. The third kappa shape index (κ3) is 3.85. The van der Waals surface area contributed by atoms with Gasteiger partial charge in [-0.1, -0.05) is 24.2 Å². The lowest BCUT2D eigenvalue weighted by atomic mass is 10.1. The van der Waals surface area contributed by atoms with E-state index >= 15 is 0 Å². The molecular weight excluding hydrogens is 373 g/mol. The maximum atomic E-state index is 13.9. The number of hydrogen-bond donors (Lipinski definition) is 1. The summed E-state index contributed by atoms with van der Waals surface area (Å²) in [6.07, 6.45) is -0.264. The molecule has 0 bridgehead atoms. The number of benzene rings is 1. The van der Waals surface area contributed by atoms with Crippen molar-refractivity contribution in [3.8, 4) is 0 Å². The molecule has 0 spiro atoms. The van der Waals surface area contributed by atoms with E-state index in [1.165, 1.54) is 22.9 Å². The van der Waals surface area contributed by atoms with E-state index in [9.17, 15) is 14.0 Å². The second-order valence-corrected chi connectivity index (χ2v) is 6.31. The van der Waals surface area contributed by atoms with Crippen LogP contribution in [0.25, 0.3) is 0 Å². The maximum Gasteiger partial charge on any atom is 0.281 e. The summed E-state index contributed by atoms with van der Waals surface area (Å²) in [6, 6.07) is 5.79. The molecule has 1 aromatic carbocycles. The van der Waals surface area contributed by atoms with Gasteiger partial charge in [0.15, 0.2) is 0 Å². The van der Waals surface area contributed by atoms with Gasteiger partial charge in [0.2, 0.25) is 5.91 Å². The van der Waals surface area contributed by atoms with Gasteiger partial charge in [-0.2, -0.15) is 14.8 Å². The van der Waals surface area contributed by atoms with Gasteiger partial charge in [-0.15, -0.1) is 0 Å². The van der Waals surface area contributed by atoms with Crippen molar-refractivity contribution < 1.29 is 14.0 Å². The lowest BCUT2D eigenvalue weighted by Crippen LogP contribution is -2.25. The topological polar surface area (TPSA) is 88.7 Å². The summed E-state index contributed by atoms with van der Waals surface area (Å²) in [4.78, 5) is 32.3. The Hall–Kier alpha value is -3.13. The number of aliphatic imine (C=N–C) groups is 2. The highest BCUT2D eigenvalue weighted by Gasteiger charge is 2.22. The van der Waals surface area contributed by atoms with Crippen LogP contribution in [0, 0.1) is 12.7 Å². The molecule has 1 N–H and O–H groups in total. The van der Waals surface area contributed by atoms with Gasteiger partial charge in [0.05, 0.1) is 23.4 Å². The number of halogens is 2. The van der Waals surface area contributed by atoms with E-state index in [4.69, 9.17) is 11.6 Å². The van der Waals surface area contributed by atoms with E-state index in [-0.39, 0.29) is 34.4 Å². The second kappa shape index (κ2) is 7.24. The number of rotatable bonds is 3. The number of hydrogen-bond acceptors (Lipinski definition) is 4. The minimum atomic E-state index is -0.566. The first kappa shape index (κ1) is 18.7. The Bertz CT molecular complexity index is 1020. The Balaban J connectivity index is 1.87. The van der Waals surface area contributed by atoms with Gasteiger partial charge in [0.1, 0.15) is 11.6 Å². The van der Waals surface area contributed by atoms with Crippen LogP contribution in [0.2, 0.25) is 5.02 Å². The molecule has 0 radical (unpaired) electrons. The number of amides is 2. The summed E-state index contributed by atoms with van der Waals surface area (Å²) in [6.45, 7) is 6.95. The zero-order chi connectivity index (χ0) is 19.7. The van der Waals surface area contributed by atoms with Crippen molar-refractivity contribution in [2.45, 2.75) is 20.3 Å². The normalized spacial score (nSPS) is 14.1. The van der Waals surface area contributed by atoms with E-state index in [0.717, 1.165) is 0 Å². The molecule has 0 aliphatic carbocycles. The first-order valence-corrected chi connectivity index (χ1v) is 8.31. The van der Waals surface area contributed by atoms with Crippen molar-refractivity contribution in [2.24, 2.45) is 9.98 Å². The molecule has 7 nitrogen and oxygen atoms in total. The fraction of sp³-hybridized carbons (Fsp3) is 0.167. The number of anilines is 1. The molecule has 0 saturated heterocycles. The molecule has 0 fully saturated rings. The van der Waals surface area contributed by atoms with Crippen LogP contribution in [0.1, 0.15) is 18.2 Å². The highest BCUT2D eigenvalue weighted by atomic mass is 35.5. The van der Waals surface area contributed by atoms with Crippen molar-refractivity contribution in [1.29, 1.82) is 0 Å². The third-order valence-electron chi connectivity index (χ3n) is 3.85. The van der Waals surface area contributed by atoms with Crippen LogP contribution >= 0.6 is 11.6 Å². The second-order valence-electron chi connectivity index (χ2n) is 5.90. The molecule has 2 amide bonds. The van der Waals surface area contributed by atoms with Crippen LogP contribution in [-0.4, -0.2) is 33.3 Å². The largest absolute Gasteiger partial charge is 0.310 e. The summed E-state index contributed by atoms with van der Waals surface area (Å²) in [5.41, 5.74) is 1.27. The van der Waals surface area contributed by atoms with Gasteiger partial charge >= 0.3 is 0 Å². The lowest BCUT2D eigenvalue weighted by Gasteiger charge is -2.13. The van der Waals surface area contributed by atoms with Crippen LogP contribution in [0.4, 0.5) is 10.2 Å². The molecule has 3 rings (SSSR count). The molecule has 1 aromatic heterocycles. The standard InChI is InChI=1S/C18H15ClFN5O2/c1-9-7-15(22-16(26)8-12-13(19)5-4-6-14(12)20)25(24-9)18-21-11(3)10(2)17(27)23-18/h4-7H,2,8H2,1,3H3,(H,22,26). The Labute approximate surface area is 159 Å². The highest BCUT2D eigenvalue weighted by Crippen LogP contribution is 2.20. The van der Waals surface area contributed by atoms with Crippen LogP contribution < -0.4 is 5.32 Å². The van der Waals surface area contributed by atoms with Crippen molar-refractivity contribution in [3.63, 3.8) is 0 Å². The summed E-state index contributed by atoms with van der Waals surface area (Å²) >= 11 is 5.96. The van der Waals surface area contributed by atoms with Crippen molar-refractivity contribution in [1.82, 2.24) is 9.78 Å². The van der Waals surface area contributed by atoms with E-state index in [2.05, 4.69) is 27.0 Å². The fourth-order valence-corrected chi connectivity index (χ4v) is 2.67. The third-order valence-corrected chi connectivity index (χ3v) is 4.21. The molecule has 2 heterocycles. The fourth-order valence-electron chi connectivity index (χ4n) is 2.44. The molecule has 138 valence electrons. The number of aryl methyl sites for hydroxylation is 1. The molecule has 0 atom stereocenters. The van der Waals surface area contributed by atoms with Gasteiger partial charge in [-0.25, -0.2) is 9.38 Å². The molecule has 27 heavy (non-hydrogen) atoms. The minimum Gasteiger partial charge on any atom is -0.310 e. The van der Waals surface area contributed by atoms with Crippen molar-refractivity contribution in [2.75, 3.05) is 5.32 Å². The zero-order valence-corrected chi connectivity index (χ0v) is 15.3. The maximum absolute atomic E-state index is 13.9. The first-order chi connectivity index (χ1) is 12.8. The van der Waals surface area contributed by atoms with Crippen LogP contribution in [0.5, 0.6) is 0 Å². The van der Waals surface area contributed by atoms with Crippen molar-refractivity contribution >= 4 is 40.9 Å². The Kier molecular flexibility index (Phi) is 5.00. The smallest absolute Gasteiger partial charge is 0.281 e. The molecule has 1 aliphatic heterocycles. The molecular formula is C18H15ClFN5O2. The number of nitrogens with one attached hydrogen (secondary N) is 1. The molecule has 2 aromatic rings. The quantitative estimate of drug-likeness (QED) is 0.821. The molecule has 9 heteroatoms. The lowest BCUT2D eigenvalue weighted by molar-refractivity contribution is -0.115. The molecule has 1 aliphatic rings. The zero-order valence-electron chi connectivity index (χ0n) is 14.6. The average Bonchev–Trinajstić information content (AvgIpc) is 2.96. The summed E-state index contributed by atoms with van der Waals surface area (Å²) < 4.78 is 15.1. The Morgan fingerprint density at radius 1 is 1.33 bits per heavy atom. The van der Waals surface area contributed by atoms with Crippen LogP contribution in [0.3, 0.4) is 0 Å². The van der Waals surface area contributed by atoms with Crippen LogP contribution in [0.15, 0.2) is 46.4 Å². The highest BCUT2D eigenvalue weighted by molar-refractivity contribution is 6.31. The summed E-state index contributed by atoms with van der Waals surface area (Å²) in [5.74, 6) is -1.34. The van der Waals surface area contributed by atoms with E-state index < -0.39 is 17.6 Å². The number of carbonyl (C=O) groups excluding carboxylic acids is 2. The van der Waals surface area contributed by atoms with Gasteiger partial charge in [-0.05, 0) is 26.0 Å². The summed E-state index contributed by atoms with van der Waals surface area (Å²) in [5, 5.41) is 6.99. The Morgan fingerprint density at radius 3 is 2.74 bits per heavy atom.